The Kier molecular flexibility index (Phi) is 4.62. The van der Waals surface area contributed by atoms with Gasteiger partial charge in [0.05, 0.1) is 11.1 Å². The molecule has 0 radical (unpaired) electrons. The molecule has 20 heavy (non-hydrogen) atoms. The van der Waals surface area contributed by atoms with E-state index in [2.05, 4.69) is 15.3 Å². The summed E-state index contributed by atoms with van der Waals surface area (Å²) in [6, 6.07) is 1.26. The van der Waals surface area contributed by atoms with Gasteiger partial charge in [-0.2, -0.15) is 13.2 Å². The van der Waals surface area contributed by atoms with Gasteiger partial charge < -0.3 is 5.32 Å². The van der Waals surface area contributed by atoms with E-state index in [1.165, 1.54) is 12.4 Å². The van der Waals surface area contributed by atoms with Crippen molar-refractivity contribution in [3.05, 3.63) is 45.1 Å². The first kappa shape index (κ1) is 15.2. The molecule has 0 aromatic carbocycles. The van der Waals surface area contributed by atoms with Crippen molar-refractivity contribution >= 4 is 22.9 Å². The molecule has 0 saturated heterocycles. The van der Waals surface area contributed by atoms with Crippen LogP contribution in [0.15, 0.2) is 24.7 Å². The first-order valence-electron chi connectivity index (χ1n) is 5.79. The Bertz CT molecular complexity index is 585. The Balaban J connectivity index is 2.39. The van der Waals surface area contributed by atoms with Crippen LogP contribution >= 0.6 is 22.9 Å². The monoisotopic (exact) mass is 321 g/mol. The van der Waals surface area contributed by atoms with E-state index in [4.69, 9.17) is 11.6 Å². The van der Waals surface area contributed by atoms with E-state index in [0.717, 1.165) is 0 Å². The minimum Gasteiger partial charge on any atom is -0.306 e. The Hall–Kier alpha value is -1.18. The standard InChI is InChI=1S/C12H11ClF3N3S/c1-2-18-10(7-3-4-17-5-8(7)13)9-6-19-11(20-9)12(14,15)16/h3-6,10,18H,2H2,1H3. The summed E-state index contributed by atoms with van der Waals surface area (Å²) in [5.74, 6) is 0. The van der Waals surface area contributed by atoms with Crippen molar-refractivity contribution in [2.24, 2.45) is 0 Å². The van der Waals surface area contributed by atoms with E-state index < -0.39 is 17.2 Å². The van der Waals surface area contributed by atoms with E-state index in [1.54, 1.807) is 12.3 Å². The summed E-state index contributed by atoms with van der Waals surface area (Å²) in [5.41, 5.74) is 0.681. The van der Waals surface area contributed by atoms with Crippen LogP contribution in [-0.4, -0.2) is 16.5 Å². The molecule has 8 heteroatoms. The fraction of sp³-hybridized carbons (Fsp3) is 0.333. The van der Waals surface area contributed by atoms with Crippen LogP contribution in [0, 0.1) is 0 Å². The maximum absolute atomic E-state index is 12.6. The number of rotatable bonds is 4. The molecular weight excluding hydrogens is 311 g/mol. The molecule has 0 aliphatic carbocycles. The smallest absolute Gasteiger partial charge is 0.306 e. The highest BCUT2D eigenvalue weighted by molar-refractivity contribution is 7.11. The van der Waals surface area contributed by atoms with Crippen molar-refractivity contribution in [2.75, 3.05) is 6.54 Å². The van der Waals surface area contributed by atoms with Crippen molar-refractivity contribution in [3.8, 4) is 0 Å². The normalized spacial score (nSPS) is 13.4. The van der Waals surface area contributed by atoms with Gasteiger partial charge in [0.2, 0.25) is 0 Å². The lowest BCUT2D eigenvalue weighted by atomic mass is 10.1. The van der Waals surface area contributed by atoms with Crippen LogP contribution in [0.5, 0.6) is 0 Å². The summed E-state index contributed by atoms with van der Waals surface area (Å²) in [5, 5.41) is 2.65. The lowest BCUT2D eigenvalue weighted by Gasteiger charge is -2.17. The summed E-state index contributed by atoms with van der Waals surface area (Å²) in [6.07, 6.45) is -0.177. The SMILES string of the molecule is CCNC(c1cnc(C(F)(F)F)s1)c1ccncc1Cl. The number of alkyl halides is 3. The number of nitrogens with zero attached hydrogens (tertiary/aromatic N) is 2. The highest BCUT2D eigenvalue weighted by Gasteiger charge is 2.35. The van der Waals surface area contributed by atoms with Crippen molar-refractivity contribution in [3.63, 3.8) is 0 Å². The molecule has 3 nitrogen and oxygen atoms in total. The third-order valence-corrected chi connectivity index (χ3v) is 4.00. The molecule has 108 valence electrons. The first-order valence-corrected chi connectivity index (χ1v) is 6.98. The second kappa shape index (κ2) is 6.07. The topological polar surface area (TPSA) is 37.8 Å². The highest BCUT2D eigenvalue weighted by Crippen LogP contribution is 2.37. The van der Waals surface area contributed by atoms with Gasteiger partial charge in [-0.05, 0) is 18.2 Å². The molecule has 0 saturated carbocycles. The third-order valence-electron chi connectivity index (χ3n) is 2.57. The molecule has 0 spiro atoms. The van der Waals surface area contributed by atoms with Gasteiger partial charge in [-0.15, -0.1) is 11.3 Å². The molecule has 0 aliphatic rings. The van der Waals surface area contributed by atoms with Crippen LogP contribution in [0.2, 0.25) is 5.02 Å². The predicted octanol–water partition coefficient (Wildman–Crippen LogP) is 3.91. The van der Waals surface area contributed by atoms with Gasteiger partial charge in [-0.25, -0.2) is 4.98 Å². The predicted molar refractivity (Wildman–Crippen MR) is 71.9 cm³/mol. The molecule has 1 atom stereocenters. The van der Waals surface area contributed by atoms with Crippen LogP contribution in [0.4, 0.5) is 13.2 Å². The minimum absolute atomic E-state index is 0.403. The lowest BCUT2D eigenvalue weighted by molar-refractivity contribution is -0.137. The van der Waals surface area contributed by atoms with Crippen molar-refractivity contribution in [1.29, 1.82) is 0 Å². The number of thiazole rings is 1. The van der Waals surface area contributed by atoms with Crippen molar-refractivity contribution < 1.29 is 13.2 Å². The number of hydrogen-bond acceptors (Lipinski definition) is 4. The summed E-state index contributed by atoms with van der Waals surface area (Å²) in [7, 11) is 0. The molecule has 1 N–H and O–H groups in total. The van der Waals surface area contributed by atoms with Gasteiger partial charge >= 0.3 is 6.18 Å². The van der Waals surface area contributed by atoms with Gasteiger partial charge in [0, 0.05) is 23.5 Å². The summed E-state index contributed by atoms with van der Waals surface area (Å²) in [4.78, 5) is 7.78. The van der Waals surface area contributed by atoms with Crippen molar-refractivity contribution in [2.45, 2.75) is 19.1 Å². The number of aromatic nitrogens is 2. The number of pyridine rings is 1. The summed E-state index contributed by atoms with van der Waals surface area (Å²) < 4.78 is 37.9. The first-order chi connectivity index (χ1) is 9.43. The second-order valence-corrected chi connectivity index (χ2v) is 5.42. The molecule has 2 aromatic rings. The highest BCUT2D eigenvalue weighted by atomic mass is 35.5. The molecule has 1 unspecified atom stereocenters. The quantitative estimate of drug-likeness (QED) is 0.927. The molecule has 0 bridgehead atoms. The molecule has 2 aromatic heterocycles. The fourth-order valence-corrected chi connectivity index (χ4v) is 2.85. The molecule has 0 amide bonds. The Morgan fingerprint density at radius 2 is 2.15 bits per heavy atom. The Labute approximate surface area is 122 Å². The van der Waals surface area contributed by atoms with Crippen molar-refractivity contribution in [1.82, 2.24) is 15.3 Å². The van der Waals surface area contributed by atoms with Crippen LogP contribution in [-0.2, 0) is 6.18 Å². The zero-order chi connectivity index (χ0) is 14.8. The number of halogens is 4. The largest absolute Gasteiger partial charge is 0.443 e. The number of hydrogen-bond donors (Lipinski definition) is 1. The average molecular weight is 322 g/mol. The Morgan fingerprint density at radius 1 is 1.40 bits per heavy atom. The molecule has 2 rings (SSSR count). The van der Waals surface area contributed by atoms with Crippen LogP contribution in [0.1, 0.15) is 28.4 Å². The van der Waals surface area contributed by atoms with Gasteiger partial charge in [-0.3, -0.25) is 4.98 Å². The van der Waals surface area contributed by atoms with Crippen LogP contribution in [0.25, 0.3) is 0 Å². The maximum atomic E-state index is 12.6. The maximum Gasteiger partial charge on any atom is 0.443 e. The fourth-order valence-electron chi connectivity index (χ4n) is 1.74. The molecule has 2 heterocycles. The zero-order valence-corrected chi connectivity index (χ0v) is 12.0. The third kappa shape index (κ3) is 3.28. The zero-order valence-electron chi connectivity index (χ0n) is 10.4. The number of nitrogens with one attached hydrogen (secondary N) is 1. The summed E-state index contributed by atoms with van der Waals surface area (Å²) >= 11 is 6.67. The van der Waals surface area contributed by atoms with Gasteiger partial charge in [0.15, 0.2) is 5.01 Å². The van der Waals surface area contributed by atoms with Gasteiger partial charge in [0.1, 0.15) is 0 Å². The minimum atomic E-state index is -4.43. The average Bonchev–Trinajstić information content (AvgIpc) is 2.86. The molecule has 0 aliphatic heterocycles. The van der Waals surface area contributed by atoms with E-state index in [1.807, 2.05) is 6.92 Å². The summed E-state index contributed by atoms with van der Waals surface area (Å²) in [6.45, 7) is 2.45. The van der Waals surface area contributed by atoms with Gasteiger partial charge in [0.25, 0.3) is 0 Å². The Morgan fingerprint density at radius 3 is 2.70 bits per heavy atom. The van der Waals surface area contributed by atoms with E-state index in [9.17, 15) is 13.2 Å². The van der Waals surface area contributed by atoms with E-state index in [-0.39, 0.29) is 0 Å². The molecule has 0 fully saturated rings. The van der Waals surface area contributed by atoms with E-state index >= 15 is 0 Å². The lowest BCUT2D eigenvalue weighted by Crippen LogP contribution is -2.21. The van der Waals surface area contributed by atoms with Crippen LogP contribution in [0.3, 0.4) is 0 Å². The second-order valence-electron chi connectivity index (χ2n) is 3.95. The molecular formula is C12H11ClF3N3S. The van der Waals surface area contributed by atoms with Gasteiger partial charge in [-0.1, -0.05) is 18.5 Å². The van der Waals surface area contributed by atoms with E-state index in [0.29, 0.717) is 33.3 Å². The van der Waals surface area contributed by atoms with Crippen LogP contribution < -0.4 is 5.32 Å².